The van der Waals surface area contributed by atoms with E-state index in [0.29, 0.717) is 17.5 Å². The molecule has 4 nitrogen and oxygen atoms in total. The van der Waals surface area contributed by atoms with Gasteiger partial charge in [-0.1, -0.05) is 18.5 Å². The summed E-state index contributed by atoms with van der Waals surface area (Å²) in [6, 6.07) is 5.60. The highest BCUT2D eigenvalue weighted by molar-refractivity contribution is 6.31. The van der Waals surface area contributed by atoms with Crippen LogP contribution in [0.4, 0.5) is 0 Å². The SMILES string of the molecule is CCc1cnc(Cn2c(C(C)Cl)nc3ccc(Cl)cc32)o1. The minimum atomic E-state index is -0.211. The first-order chi connectivity index (χ1) is 10.1. The van der Waals surface area contributed by atoms with Gasteiger partial charge in [0.15, 0.2) is 0 Å². The second-order valence-electron chi connectivity index (χ2n) is 4.88. The van der Waals surface area contributed by atoms with E-state index in [1.54, 1.807) is 6.20 Å². The minimum absolute atomic E-state index is 0.211. The van der Waals surface area contributed by atoms with Crippen LogP contribution in [0.1, 0.15) is 36.7 Å². The van der Waals surface area contributed by atoms with Crippen LogP contribution in [-0.2, 0) is 13.0 Å². The summed E-state index contributed by atoms with van der Waals surface area (Å²) in [5.41, 5.74) is 1.80. The summed E-state index contributed by atoms with van der Waals surface area (Å²) in [6.45, 7) is 4.42. The Bertz CT molecular complexity index is 776. The fourth-order valence-electron chi connectivity index (χ4n) is 2.30. The summed E-state index contributed by atoms with van der Waals surface area (Å²) in [6.07, 6.45) is 2.58. The van der Waals surface area contributed by atoms with Crippen LogP contribution >= 0.6 is 23.2 Å². The number of hydrogen-bond acceptors (Lipinski definition) is 3. The number of halogens is 2. The van der Waals surface area contributed by atoms with E-state index >= 15 is 0 Å². The molecule has 0 saturated heterocycles. The van der Waals surface area contributed by atoms with Gasteiger partial charge in [0.2, 0.25) is 5.89 Å². The van der Waals surface area contributed by atoms with Crippen molar-refractivity contribution in [3.63, 3.8) is 0 Å². The largest absolute Gasteiger partial charge is 0.444 e. The third kappa shape index (κ3) is 2.78. The molecule has 21 heavy (non-hydrogen) atoms. The molecule has 1 aromatic carbocycles. The van der Waals surface area contributed by atoms with E-state index in [0.717, 1.165) is 29.0 Å². The molecule has 3 rings (SSSR count). The van der Waals surface area contributed by atoms with Gasteiger partial charge in [0.25, 0.3) is 0 Å². The van der Waals surface area contributed by atoms with Gasteiger partial charge in [0, 0.05) is 11.4 Å². The maximum atomic E-state index is 6.25. The fraction of sp³-hybridized carbons (Fsp3) is 0.333. The quantitative estimate of drug-likeness (QED) is 0.659. The molecule has 0 aliphatic carbocycles. The van der Waals surface area contributed by atoms with Crippen LogP contribution in [0.25, 0.3) is 11.0 Å². The Morgan fingerprint density at radius 2 is 2.19 bits per heavy atom. The van der Waals surface area contributed by atoms with Gasteiger partial charge in [-0.3, -0.25) is 0 Å². The van der Waals surface area contributed by atoms with Crippen molar-refractivity contribution in [3.05, 3.63) is 46.9 Å². The highest BCUT2D eigenvalue weighted by Gasteiger charge is 2.17. The van der Waals surface area contributed by atoms with Crippen molar-refractivity contribution in [2.45, 2.75) is 32.2 Å². The lowest BCUT2D eigenvalue weighted by Crippen LogP contribution is -2.06. The van der Waals surface area contributed by atoms with E-state index < -0.39 is 0 Å². The zero-order valence-electron chi connectivity index (χ0n) is 11.8. The molecule has 0 fully saturated rings. The van der Waals surface area contributed by atoms with Crippen molar-refractivity contribution < 1.29 is 4.42 Å². The van der Waals surface area contributed by atoms with Gasteiger partial charge in [0.05, 0.1) is 22.6 Å². The highest BCUT2D eigenvalue weighted by atomic mass is 35.5. The molecule has 0 amide bonds. The normalized spacial score (nSPS) is 13.0. The average molecular weight is 324 g/mol. The molecule has 1 unspecified atom stereocenters. The van der Waals surface area contributed by atoms with Gasteiger partial charge in [-0.2, -0.15) is 0 Å². The number of nitrogens with zero attached hydrogens (tertiary/aromatic N) is 3. The van der Waals surface area contributed by atoms with Crippen molar-refractivity contribution in [3.8, 4) is 0 Å². The zero-order valence-corrected chi connectivity index (χ0v) is 13.3. The number of aromatic nitrogens is 3. The number of hydrogen-bond donors (Lipinski definition) is 0. The summed E-state index contributed by atoms with van der Waals surface area (Å²) in [5.74, 6) is 2.29. The number of rotatable bonds is 4. The molecule has 1 atom stereocenters. The molecular weight excluding hydrogens is 309 g/mol. The molecule has 2 heterocycles. The molecular formula is C15H15Cl2N3O. The van der Waals surface area contributed by atoms with E-state index in [2.05, 4.69) is 9.97 Å². The molecule has 0 N–H and O–H groups in total. The lowest BCUT2D eigenvalue weighted by Gasteiger charge is -2.08. The Morgan fingerprint density at radius 1 is 1.38 bits per heavy atom. The topological polar surface area (TPSA) is 43.9 Å². The summed E-state index contributed by atoms with van der Waals surface area (Å²) >= 11 is 12.3. The number of imidazole rings is 1. The molecule has 0 bridgehead atoms. The Kier molecular flexibility index (Phi) is 3.91. The van der Waals surface area contributed by atoms with Gasteiger partial charge in [0.1, 0.15) is 18.1 Å². The summed E-state index contributed by atoms with van der Waals surface area (Å²) in [7, 11) is 0. The summed E-state index contributed by atoms with van der Waals surface area (Å²) in [5, 5.41) is 0.455. The molecule has 0 saturated carbocycles. The Balaban J connectivity index is 2.09. The van der Waals surface area contributed by atoms with E-state index in [-0.39, 0.29) is 5.38 Å². The van der Waals surface area contributed by atoms with Gasteiger partial charge >= 0.3 is 0 Å². The van der Waals surface area contributed by atoms with Gasteiger partial charge < -0.3 is 8.98 Å². The number of oxazole rings is 1. The summed E-state index contributed by atoms with van der Waals surface area (Å²) < 4.78 is 7.69. The Morgan fingerprint density at radius 3 is 2.86 bits per heavy atom. The van der Waals surface area contributed by atoms with E-state index in [1.807, 2.05) is 36.6 Å². The first kappa shape index (κ1) is 14.4. The second kappa shape index (κ2) is 5.70. The smallest absolute Gasteiger partial charge is 0.214 e. The number of fused-ring (bicyclic) bond motifs is 1. The molecule has 0 aliphatic rings. The lowest BCUT2D eigenvalue weighted by atomic mass is 10.3. The Labute approximate surface area is 132 Å². The minimum Gasteiger partial charge on any atom is -0.444 e. The number of benzene rings is 1. The molecule has 0 aliphatic heterocycles. The van der Waals surface area contributed by atoms with Gasteiger partial charge in [-0.25, -0.2) is 9.97 Å². The van der Waals surface area contributed by atoms with Crippen LogP contribution in [0.15, 0.2) is 28.8 Å². The van der Waals surface area contributed by atoms with Crippen LogP contribution in [-0.4, -0.2) is 14.5 Å². The molecule has 110 valence electrons. The first-order valence-electron chi connectivity index (χ1n) is 6.81. The number of aryl methyl sites for hydroxylation is 1. The second-order valence-corrected chi connectivity index (χ2v) is 5.97. The predicted octanol–water partition coefficient (Wildman–Crippen LogP) is 4.59. The third-order valence-corrected chi connectivity index (χ3v) is 3.77. The number of alkyl halides is 1. The van der Waals surface area contributed by atoms with Crippen LogP contribution < -0.4 is 0 Å². The zero-order chi connectivity index (χ0) is 15.0. The predicted molar refractivity (Wildman–Crippen MR) is 84.0 cm³/mol. The monoisotopic (exact) mass is 323 g/mol. The van der Waals surface area contributed by atoms with E-state index in [1.165, 1.54) is 0 Å². The lowest BCUT2D eigenvalue weighted by molar-refractivity contribution is 0.445. The van der Waals surface area contributed by atoms with Crippen molar-refractivity contribution in [1.29, 1.82) is 0 Å². The van der Waals surface area contributed by atoms with E-state index in [4.69, 9.17) is 27.6 Å². The highest BCUT2D eigenvalue weighted by Crippen LogP contribution is 2.27. The van der Waals surface area contributed by atoms with Crippen molar-refractivity contribution in [2.75, 3.05) is 0 Å². The van der Waals surface area contributed by atoms with Gasteiger partial charge in [-0.05, 0) is 25.1 Å². The molecule has 6 heteroatoms. The van der Waals surface area contributed by atoms with Crippen LogP contribution in [0, 0.1) is 0 Å². The maximum Gasteiger partial charge on any atom is 0.214 e. The van der Waals surface area contributed by atoms with Crippen molar-refractivity contribution >= 4 is 34.2 Å². The first-order valence-corrected chi connectivity index (χ1v) is 7.63. The van der Waals surface area contributed by atoms with Crippen LogP contribution in [0.2, 0.25) is 5.02 Å². The molecule has 0 radical (unpaired) electrons. The standard InChI is InChI=1S/C15H15Cl2N3O/c1-3-11-7-18-14(21-11)8-20-13-6-10(17)4-5-12(13)19-15(20)9(2)16/h4-7,9H,3,8H2,1-2H3. The average Bonchev–Trinajstić information content (AvgIpc) is 3.04. The molecule has 0 spiro atoms. The van der Waals surface area contributed by atoms with E-state index in [9.17, 15) is 0 Å². The van der Waals surface area contributed by atoms with Crippen molar-refractivity contribution in [1.82, 2.24) is 14.5 Å². The van der Waals surface area contributed by atoms with Crippen molar-refractivity contribution in [2.24, 2.45) is 0 Å². The maximum absolute atomic E-state index is 6.25. The molecule has 3 aromatic rings. The summed E-state index contributed by atoms with van der Waals surface area (Å²) in [4.78, 5) is 8.88. The van der Waals surface area contributed by atoms with Gasteiger partial charge in [-0.15, -0.1) is 11.6 Å². The Hall–Kier alpha value is -1.52. The van der Waals surface area contributed by atoms with Crippen LogP contribution in [0.5, 0.6) is 0 Å². The fourth-order valence-corrected chi connectivity index (χ4v) is 2.64. The van der Waals surface area contributed by atoms with Crippen LogP contribution in [0.3, 0.4) is 0 Å². The molecule has 2 aromatic heterocycles. The third-order valence-electron chi connectivity index (χ3n) is 3.34.